The highest BCUT2D eigenvalue weighted by molar-refractivity contribution is 5.97. The Morgan fingerprint density at radius 3 is 2.79 bits per heavy atom. The van der Waals surface area contributed by atoms with Gasteiger partial charge >= 0.3 is 5.97 Å². The number of ether oxygens (including phenoxy) is 1. The predicted octanol–water partition coefficient (Wildman–Crippen LogP) is 5.75. The molecule has 0 saturated carbocycles. The van der Waals surface area contributed by atoms with E-state index in [-0.39, 0.29) is 0 Å². The highest BCUT2D eigenvalue weighted by atomic mass is 16.5. The van der Waals surface area contributed by atoms with Crippen molar-refractivity contribution >= 4 is 22.6 Å². The van der Waals surface area contributed by atoms with Crippen molar-refractivity contribution in [3.63, 3.8) is 0 Å². The summed E-state index contributed by atoms with van der Waals surface area (Å²) in [7, 11) is 0. The number of aromatic nitrogens is 2. The smallest absolute Gasteiger partial charge is 0.328 e. The Kier molecular flexibility index (Phi) is 5.47. The van der Waals surface area contributed by atoms with Gasteiger partial charge in [0.05, 0.1) is 11.0 Å². The molecule has 0 atom stereocenters. The molecule has 1 N–H and O–H groups in total. The maximum atomic E-state index is 11.6. The zero-order valence-corrected chi connectivity index (χ0v) is 18.8. The third-order valence-electron chi connectivity index (χ3n) is 6.16. The fourth-order valence-corrected chi connectivity index (χ4v) is 4.63. The van der Waals surface area contributed by atoms with Crippen LogP contribution in [-0.2, 0) is 24.4 Å². The number of fused-ring (bicyclic) bond motifs is 3. The summed E-state index contributed by atoms with van der Waals surface area (Å²) < 4.78 is 8.37. The van der Waals surface area contributed by atoms with E-state index < -0.39 is 5.97 Å². The highest BCUT2D eigenvalue weighted by Crippen LogP contribution is 2.37. The summed E-state index contributed by atoms with van der Waals surface area (Å²) >= 11 is 0. The summed E-state index contributed by atoms with van der Waals surface area (Å²) in [5, 5.41) is 9.51. The van der Waals surface area contributed by atoms with Gasteiger partial charge in [0.2, 0.25) is 0 Å². The summed E-state index contributed by atoms with van der Waals surface area (Å²) in [4.78, 5) is 16.5. The van der Waals surface area contributed by atoms with Crippen molar-refractivity contribution in [1.82, 2.24) is 9.55 Å². The van der Waals surface area contributed by atoms with Gasteiger partial charge in [0.15, 0.2) is 0 Å². The van der Waals surface area contributed by atoms with Crippen molar-refractivity contribution in [2.24, 2.45) is 0 Å². The van der Waals surface area contributed by atoms with Gasteiger partial charge in [0, 0.05) is 30.2 Å². The second-order valence-corrected chi connectivity index (χ2v) is 8.48. The first-order chi connectivity index (χ1) is 16.0. The van der Waals surface area contributed by atoms with Gasteiger partial charge in [0.1, 0.15) is 18.2 Å². The SMILES string of the molecule is CCCc1nc2c(C)cccc2n1Cc1ccc2c(c1)COc1ccccc1C2=CC(=O)O. The molecule has 2 heterocycles. The first-order valence-corrected chi connectivity index (χ1v) is 11.3. The van der Waals surface area contributed by atoms with Gasteiger partial charge < -0.3 is 14.4 Å². The number of rotatable bonds is 5. The second-order valence-electron chi connectivity index (χ2n) is 8.48. The van der Waals surface area contributed by atoms with E-state index in [9.17, 15) is 9.90 Å². The number of carbonyl (C=O) groups is 1. The molecule has 0 spiro atoms. The Hall–Kier alpha value is -3.86. The summed E-state index contributed by atoms with van der Waals surface area (Å²) in [6.07, 6.45) is 3.22. The lowest BCUT2D eigenvalue weighted by atomic mass is 9.93. The zero-order valence-electron chi connectivity index (χ0n) is 18.8. The molecule has 5 rings (SSSR count). The molecular weight excluding hydrogens is 412 g/mol. The minimum atomic E-state index is -0.971. The van der Waals surface area contributed by atoms with Crippen molar-refractivity contribution in [1.29, 1.82) is 0 Å². The summed E-state index contributed by atoms with van der Waals surface area (Å²) in [5.74, 6) is 0.817. The van der Waals surface area contributed by atoms with E-state index in [0.29, 0.717) is 24.5 Å². The molecule has 33 heavy (non-hydrogen) atoms. The Balaban J connectivity index is 1.59. The molecule has 1 aromatic heterocycles. The Labute approximate surface area is 193 Å². The van der Waals surface area contributed by atoms with Crippen molar-refractivity contribution in [2.45, 2.75) is 39.8 Å². The van der Waals surface area contributed by atoms with Crippen LogP contribution < -0.4 is 4.74 Å². The van der Waals surface area contributed by atoms with Crippen molar-refractivity contribution in [3.05, 3.63) is 100 Å². The third kappa shape index (κ3) is 3.91. The molecule has 4 aromatic rings. The molecule has 166 valence electrons. The quantitative estimate of drug-likeness (QED) is 0.403. The van der Waals surface area contributed by atoms with E-state index in [1.165, 1.54) is 11.6 Å². The van der Waals surface area contributed by atoms with E-state index in [0.717, 1.165) is 52.0 Å². The van der Waals surface area contributed by atoms with Gasteiger partial charge in [-0.25, -0.2) is 9.78 Å². The average molecular weight is 439 g/mol. The van der Waals surface area contributed by atoms with Crippen LogP contribution in [0.15, 0.2) is 66.7 Å². The molecule has 1 aliphatic heterocycles. The van der Waals surface area contributed by atoms with Crippen LogP contribution in [-0.4, -0.2) is 20.6 Å². The van der Waals surface area contributed by atoms with Gasteiger partial charge in [-0.15, -0.1) is 0 Å². The topological polar surface area (TPSA) is 64.4 Å². The van der Waals surface area contributed by atoms with Crippen LogP contribution in [0.1, 0.15) is 47.0 Å². The minimum absolute atomic E-state index is 0.392. The number of hydrogen-bond donors (Lipinski definition) is 1. The van der Waals surface area contributed by atoms with Gasteiger partial charge in [-0.2, -0.15) is 0 Å². The summed E-state index contributed by atoms with van der Waals surface area (Å²) in [6.45, 7) is 5.36. The van der Waals surface area contributed by atoms with Gasteiger partial charge in [-0.3, -0.25) is 0 Å². The van der Waals surface area contributed by atoms with Crippen LogP contribution in [0.5, 0.6) is 5.75 Å². The predicted molar refractivity (Wildman–Crippen MR) is 129 cm³/mol. The number of carboxylic acids is 1. The molecule has 1 aliphatic rings. The van der Waals surface area contributed by atoms with Crippen LogP contribution in [0, 0.1) is 6.92 Å². The van der Waals surface area contributed by atoms with Crippen LogP contribution in [0.3, 0.4) is 0 Å². The maximum Gasteiger partial charge on any atom is 0.328 e. The number of nitrogens with zero attached hydrogens (tertiary/aromatic N) is 2. The van der Waals surface area contributed by atoms with Crippen LogP contribution in [0.25, 0.3) is 16.6 Å². The molecule has 5 heteroatoms. The molecular formula is C28H26N2O3. The van der Waals surface area contributed by atoms with Crippen LogP contribution in [0.4, 0.5) is 0 Å². The molecule has 5 nitrogen and oxygen atoms in total. The number of aryl methyl sites for hydroxylation is 2. The lowest BCUT2D eigenvalue weighted by Gasteiger charge is -2.13. The van der Waals surface area contributed by atoms with Crippen molar-refractivity contribution < 1.29 is 14.6 Å². The van der Waals surface area contributed by atoms with Crippen molar-refractivity contribution in [3.8, 4) is 5.75 Å². The second kappa shape index (κ2) is 8.58. The Bertz CT molecular complexity index is 1400. The number of hydrogen-bond acceptors (Lipinski definition) is 3. The summed E-state index contributed by atoms with van der Waals surface area (Å²) in [5.41, 5.74) is 7.86. The fourth-order valence-electron chi connectivity index (χ4n) is 4.63. The lowest BCUT2D eigenvalue weighted by Crippen LogP contribution is -2.06. The normalized spacial score (nSPS) is 13.9. The van der Waals surface area contributed by atoms with Crippen molar-refractivity contribution in [2.75, 3.05) is 0 Å². The molecule has 0 unspecified atom stereocenters. The number of benzene rings is 3. The fraction of sp³-hybridized carbons (Fsp3) is 0.214. The number of aliphatic carboxylic acids is 1. The highest BCUT2D eigenvalue weighted by Gasteiger charge is 2.21. The largest absolute Gasteiger partial charge is 0.488 e. The third-order valence-corrected chi connectivity index (χ3v) is 6.16. The van der Waals surface area contributed by atoms with E-state index in [1.54, 1.807) is 0 Å². The van der Waals surface area contributed by atoms with E-state index in [1.807, 2.05) is 30.3 Å². The van der Waals surface area contributed by atoms with E-state index in [4.69, 9.17) is 9.72 Å². The zero-order chi connectivity index (χ0) is 22.9. The molecule has 0 saturated heterocycles. The lowest BCUT2D eigenvalue weighted by molar-refractivity contribution is -0.131. The molecule has 0 bridgehead atoms. The number of carboxylic acid groups (broad SMARTS) is 1. The standard InChI is InChI=1S/C28H26N2O3/c1-3-7-26-29-28-18(2)8-6-10-24(28)30(26)16-19-12-13-21-20(14-19)17-33-25-11-5-4-9-22(25)23(21)15-27(31)32/h4-6,8-15H,3,7,16-17H2,1-2H3,(H,31,32). The molecule has 0 amide bonds. The maximum absolute atomic E-state index is 11.6. The average Bonchev–Trinajstić information content (AvgIpc) is 3.07. The van der Waals surface area contributed by atoms with Crippen LogP contribution >= 0.6 is 0 Å². The molecule has 0 fully saturated rings. The van der Waals surface area contributed by atoms with Crippen LogP contribution in [0.2, 0.25) is 0 Å². The van der Waals surface area contributed by atoms with E-state index >= 15 is 0 Å². The Morgan fingerprint density at radius 1 is 1.12 bits per heavy atom. The first kappa shape index (κ1) is 21.0. The monoisotopic (exact) mass is 438 g/mol. The number of para-hydroxylation sites is 2. The molecule has 3 aromatic carbocycles. The van der Waals surface area contributed by atoms with Gasteiger partial charge in [-0.1, -0.05) is 49.4 Å². The molecule has 0 radical (unpaired) electrons. The van der Waals surface area contributed by atoms with Gasteiger partial charge in [-0.05, 0) is 53.8 Å². The Morgan fingerprint density at radius 2 is 1.97 bits per heavy atom. The first-order valence-electron chi connectivity index (χ1n) is 11.3. The minimum Gasteiger partial charge on any atom is -0.488 e. The summed E-state index contributed by atoms with van der Waals surface area (Å²) in [6, 6.07) is 20.1. The van der Waals surface area contributed by atoms with E-state index in [2.05, 4.69) is 48.7 Å². The van der Waals surface area contributed by atoms with Gasteiger partial charge in [0.25, 0.3) is 0 Å². The number of imidazole rings is 1. The molecule has 0 aliphatic carbocycles.